The van der Waals surface area contributed by atoms with Crippen molar-refractivity contribution in [2.24, 2.45) is 16.8 Å². The molecule has 0 bridgehead atoms. The van der Waals surface area contributed by atoms with Crippen LogP contribution in [0.5, 0.6) is 0 Å². The van der Waals surface area contributed by atoms with Gasteiger partial charge < -0.3 is 15.8 Å². The number of hydrogen-bond donors (Lipinski definition) is 2. The number of nitrogens with two attached hydrogens (primary N) is 1. The van der Waals surface area contributed by atoms with E-state index in [4.69, 9.17) is 10.9 Å². The second-order valence-electron chi connectivity index (χ2n) is 5.22. The van der Waals surface area contributed by atoms with Gasteiger partial charge in [0.2, 0.25) is 0 Å². The van der Waals surface area contributed by atoms with Gasteiger partial charge in [-0.15, -0.1) is 0 Å². The highest BCUT2D eigenvalue weighted by Crippen LogP contribution is 2.35. The molecule has 4 nitrogen and oxygen atoms in total. The summed E-state index contributed by atoms with van der Waals surface area (Å²) in [6.45, 7) is 3.72. The van der Waals surface area contributed by atoms with Gasteiger partial charge in [0.15, 0.2) is 5.84 Å². The molecule has 3 N–H and O–H groups in total. The first-order valence-electron chi connectivity index (χ1n) is 6.81. The molecule has 0 saturated carbocycles. The summed E-state index contributed by atoms with van der Waals surface area (Å²) < 4.78 is 38.9. The van der Waals surface area contributed by atoms with Crippen molar-refractivity contribution in [2.45, 2.75) is 25.9 Å². The average Bonchev–Trinajstić information content (AvgIpc) is 2.93. The first kappa shape index (κ1) is 15.5. The smallest absolute Gasteiger partial charge is 0.409 e. The van der Waals surface area contributed by atoms with Crippen LogP contribution in [0.1, 0.15) is 30.9 Å². The first-order chi connectivity index (χ1) is 9.86. The standard InChI is InChI=1S/C14H18F3N3O/c1-2-9-5-6-20(8-9)10-3-4-12(14(15,16)17)11(7-10)13(18)19-21/h3-4,7,9,21H,2,5-6,8H2,1H3,(H2,18,19). The van der Waals surface area contributed by atoms with Gasteiger partial charge >= 0.3 is 6.18 Å². The van der Waals surface area contributed by atoms with E-state index in [-0.39, 0.29) is 5.56 Å². The molecule has 1 aliphatic rings. The molecule has 1 unspecified atom stereocenters. The third-order valence-electron chi connectivity index (χ3n) is 3.92. The van der Waals surface area contributed by atoms with Crippen molar-refractivity contribution >= 4 is 11.5 Å². The molecule has 1 aromatic carbocycles. The van der Waals surface area contributed by atoms with E-state index in [1.165, 1.54) is 12.1 Å². The fourth-order valence-electron chi connectivity index (χ4n) is 2.64. The summed E-state index contributed by atoms with van der Waals surface area (Å²) in [5.74, 6) is 0.0232. The van der Waals surface area contributed by atoms with Crippen LogP contribution in [0.2, 0.25) is 0 Å². The van der Waals surface area contributed by atoms with E-state index in [9.17, 15) is 13.2 Å². The Balaban J connectivity index is 2.39. The number of rotatable bonds is 3. The maximum Gasteiger partial charge on any atom is 0.417 e. The van der Waals surface area contributed by atoms with Crippen molar-refractivity contribution in [1.29, 1.82) is 0 Å². The van der Waals surface area contributed by atoms with Crippen molar-refractivity contribution in [3.8, 4) is 0 Å². The number of halogens is 3. The molecule has 1 fully saturated rings. The number of nitrogens with zero attached hydrogens (tertiary/aromatic N) is 2. The lowest BCUT2D eigenvalue weighted by Gasteiger charge is -2.21. The molecular formula is C14H18F3N3O. The number of amidine groups is 1. The molecule has 0 spiro atoms. The molecule has 1 aliphatic heterocycles. The molecule has 0 aliphatic carbocycles. The highest BCUT2D eigenvalue weighted by molar-refractivity contribution is 5.99. The quantitative estimate of drug-likeness (QED) is 0.390. The maximum absolute atomic E-state index is 13.0. The predicted octanol–water partition coefficient (Wildman–Crippen LogP) is 3.04. The molecule has 21 heavy (non-hydrogen) atoms. The second-order valence-corrected chi connectivity index (χ2v) is 5.22. The summed E-state index contributed by atoms with van der Waals surface area (Å²) in [7, 11) is 0. The van der Waals surface area contributed by atoms with Crippen LogP contribution in [0.4, 0.5) is 18.9 Å². The molecule has 7 heteroatoms. The number of anilines is 1. The number of benzene rings is 1. The molecule has 0 aromatic heterocycles. The Kier molecular flexibility index (Phi) is 4.29. The zero-order chi connectivity index (χ0) is 15.6. The van der Waals surface area contributed by atoms with Crippen molar-refractivity contribution in [1.82, 2.24) is 0 Å². The van der Waals surface area contributed by atoms with Crippen LogP contribution in [-0.2, 0) is 6.18 Å². The van der Waals surface area contributed by atoms with Gasteiger partial charge in [0.25, 0.3) is 0 Å². The topological polar surface area (TPSA) is 61.8 Å². The summed E-state index contributed by atoms with van der Waals surface area (Å²) in [5, 5.41) is 11.4. The Hall–Kier alpha value is -1.92. The van der Waals surface area contributed by atoms with Crippen molar-refractivity contribution < 1.29 is 18.4 Å². The van der Waals surface area contributed by atoms with Gasteiger partial charge in [0, 0.05) is 24.3 Å². The van der Waals surface area contributed by atoms with E-state index in [0.29, 0.717) is 11.6 Å². The van der Waals surface area contributed by atoms with Gasteiger partial charge in [-0.2, -0.15) is 13.2 Å². The Morgan fingerprint density at radius 1 is 1.48 bits per heavy atom. The van der Waals surface area contributed by atoms with Crippen LogP contribution in [-0.4, -0.2) is 24.1 Å². The molecule has 0 amide bonds. The second kappa shape index (κ2) is 5.83. The van der Waals surface area contributed by atoms with Crippen molar-refractivity contribution in [3.63, 3.8) is 0 Å². The lowest BCUT2D eigenvalue weighted by atomic mass is 10.0. The minimum absolute atomic E-state index is 0.289. The van der Waals surface area contributed by atoms with Gasteiger partial charge in [-0.1, -0.05) is 18.5 Å². The largest absolute Gasteiger partial charge is 0.417 e. The van der Waals surface area contributed by atoms with Crippen LogP contribution < -0.4 is 10.6 Å². The Bertz CT molecular complexity index is 543. The molecule has 2 rings (SSSR count). The summed E-state index contributed by atoms with van der Waals surface area (Å²) >= 11 is 0. The summed E-state index contributed by atoms with van der Waals surface area (Å²) in [5.41, 5.74) is 4.88. The average molecular weight is 301 g/mol. The number of oxime groups is 1. The van der Waals surface area contributed by atoms with Gasteiger partial charge in [-0.25, -0.2) is 0 Å². The van der Waals surface area contributed by atoms with Gasteiger partial charge in [-0.3, -0.25) is 0 Å². The van der Waals surface area contributed by atoms with Crippen LogP contribution in [0.15, 0.2) is 23.4 Å². The normalized spacial score (nSPS) is 20.1. The Morgan fingerprint density at radius 3 is 2.71 bits per heavy atom. The molecule has 1 aromatic rings. The summed E-state index contributed by atoms with van der Waals surface area (Å²) in [6, 6.07) is 3.77. The van der Waals surface area contributed by atoms with Gasteiger partial charge in [-0.05, 0) is 30.5 Å². The van der Waals surface area contributed by atoms with Crippen LogP contribution in [0.3, 0.4) is 0 Å². The van der Waals surface area contributed by atoms with Crippen LogP contribution in [0.25, 0.3) is 0 Å². The third kappa shape index (κ3) is 3.22. The minimum atomic E-state index is -4.54. The van der Waals surface area contributed by atoms with E-state index in [1.807, 2.05) is 4.90 Å². The molecule has 1 saturated heterocycles. The number of alkyl halides is 3. The number of hydrogen-bond acceptors (Lipinski definition) is 3. The Labute approximate surface area is 121 Å². The van der Waals surface area contributed by atoms with Crippen molar-refractivity contribution in [3.05, 3.63) is 29.3 Å². The lowest BCUT2D eigenvalue weighted by Crippen LogP contribution is -2.23. The third-order valence-corrected chi connectivity index (χ3v) is 3.92. The lowest BCUT2D eigenvalue weighted by molar-refractivity contribution is -0.137. The Morgan fingerprint density at radius 2 is 2.19 bits per heavy atom. The van der Waals surface area contributed by atoms with Gasteiger partial charge in [0.05, 0.1) is 5.56 Å². The predicted molar refractivity (Wildman–Crippen MR) is 74.6 cm³/mol. The maximum atomic E-state index is 13.0. The molecule has 116 valence electrons. The van der Waals surface area contributed by atoms with Gasteiger partial charge in [0.1, 0.15) is 0 Å². The van der Waals surface area contributed by atoms with Crippen LogP contribution in [0, 0.1) is 5.92 Å². The molecular weight excluding hydrogens is 283 g/mol. The monoisotopic (exact) mass is 301 g/mol. The fourth-order valence-corrected chi connectivity index (χ4v) is 2.64. The molecule has 1 heterocycles. The summed E-state index contributed by atoms with van der Waals surface area (Å²) in [4.78, 5) is 2.03. The highest BCUT2D eigenvalue weighted by Gasteiger charge is 2.35. The van der Waals surface area contributed by atoms with E-state index in [0.717, 1.165) is 32.0 Å². The van der Waals surface area contributed by atoms with E-state index in [2.05, 4.69) is 12.1 Å². The molecule has 0 radical (unpaired) electrons. The van der Waals surface area contributed by atoms with E-state index in [1.54, 1.807) is 0 Å². The highest BCUT2D eigenvalue weighted by atomic mass is 19.4. The SMILES string of the molecule is CCC1CCN(c2ccc(C(F)(F)F)c(/C(N)=N/O)c2)C1. The van der Waals surface area contributed by atoms with E-state index < -0.39 is 17.6 Å². The first-order valence-corrected chi connectivity index (χ1v) is 6.81. The molecule has 1 atom stereocenters. The fraction of sp³-hybridized carbons (Fsp3) is 0.500. The minimum Gasteiger partial charge on any atom is -0.409 e. The van der Waals surface area contributed by atoms with Crippen LogP contribution >= 0.6 is 0 Å². The van der Waals surface area contributed by atoms with Crippen molar-refractivity contribution in [2.75, 3.05) is 18.0 Å². The zero-order valence-corrected chi connectivity index (χ0v) is 11.7. The zero-order valence-electron chi connectivity index (χ0n) is 11.7. The van der Waals surface area contributed by atoms with E-state index >= 15 is 0 Å². The summed E-state index contributed by atoms with van der Waals surface area (Å²) in [6.07, 6.45) is -2.47.